The molecule has 0 fully saturated rings. The molecule has 0 saturated heterocycles. The van der Waals surface area contributed by atoms with E-state index in [0.29, 0.717) is 0 Å². The van der Waals surface area contributed by atoms with Gasteiger partial charge in [0.2, 0.25) is 0 Å². The molecular formula is C11H10ClNS2. The van der Waals surface area contributed by atoms with Gasteiger partial charge in [-0.05, 0) is 23.8 Å². The van der Waals surface area contributed by atoms with E-state index in [1.54, 1.807) is 23.5 Å². The van der Waals surface area contributed by atoms with E-state index < -0.39 is 0 Å². The lowest BCUT2D eigenvalue weighted by Crippen LogP contribution is -1.99. The molecule has 1 nitrogen and oxygen atoms in total. The van der Waals surface area contributed by atoms with E-state index in [0.717, 1.165) is 22.0 Å². The molecule has 1 aromatic rings. The van der Waals surface area contributed by atoms with Crippen LogP contribution in [0.2, 0.25) is 5.02 Å². The maximum Gasteiger partial charge on any atom is 0.0839 e. The summed E-state index contributed by atoms with van der Waals surface area (Å²) in [6.45, 7) is 0. The number of hydrogen-bond acceptors (Lipinski definition) is 3. The van der Waals surface area contributed by atoms with Crippen LogP contribution in [-0.4, -0.2) is 17.1 Å². The van der Waals surface area contributed by atoms with Gasteiger partial charge in [0.15, 0.2) is 0 Å². The zero-order valence-electron chi connectivity index (χ0n) is 8.24. The molecule has 1 aliphatic rings. The molecule has 0 aromatic heterocycles. The Labute approximate surface area is 103 Å². The van der Waals surface area contributed by atoms with Crippen LogP contribution in [0.4, 0.5) is 0 Å². The third-order valence-electron chi connectivity index (χ3n) is 2.02. The number of thioether (sulfide) groups is 2. The molecule has 2 rings (SSSR count). The maximum absolute atomic E-state index is 5.84. The Balaban J connectivity index is 2.28. The van der Waals surface area contributed by atoms with Crippen LogP contribution >= 0.6 is 35.1 Å². The Kier molecular flexibility index (Phi) is 3.78. The Morgan fingerprint density at radius 2 is 2.07 bits per heavy atom. The van der Waals surface area contributed by atoms with Crippen molar-refractivity contribution >= 4 is 45.9 Å². The maximum atomic E-state index is 5.84. The van der Waals surface area contributed by atoms with Crippen molar-refractivity contribution < 1.29 is 0 Å². The molecule has 4 heteroatoms. The average molecular weight is 256 g/mol. The molecule has 0 radical (unpaired) electrons. The molecule has 0 spiro atoms. The average Bonchev–Trinajstić information content (AvgIpc) is 2.30. The second-order valence-corrected chi connectivity index (χ2v) is 5.20. The number of nitrogens with zero attached hydrogens (tertiary/aromatic N) is 1. The Bertz CT molecular complexity index is 409. The number of rotatable bonds is 1. The van der Waals surface area contributed by atoms with Crippen molar-refractivity contribution in [3.63, 3.8) is 0 Å². The summed E-state index contributed by atoms with van der Waals surface area (Å²) in [5, 5.41) is 4.03. The van der Waals surface area contributed by atoms with Crippen molar-refractivity contribution in [3.05, 3.63) is 40.3 Å². The second-order valence-electron chi connectivity index (χ2n) is 3.03. The van der Waals surface area contributed by atoms with Crippen LogP contribution in [0.15, 0.2) is 34.7 Å². The molecule has 0 N–H and O–H groups in total. The van der Waals surface area contributed by atoms with Gasteiger partial charge in [-0.1, -0.05) is 23.7 Å². The first-order valence-electron chi connectivity index (χ1n) is 4.49. The van der Waals surface area contributed by atoms with Gasteiger partial charge < -0.3 is 0 Å². The fraction of sp³-hybridized carbons (Fsp3) is 0.182. The summed E-state index contributed by atoms with van der Waals surface area (Å²) >= 11 is 9.34. The summed E-state index contributed by atoms with van der Waals surface area (Å²) in [4.78, 5) is 4.58. The van der Waals surface area contributed by atoms with Crippen molar-refractivity contribution in [2.45, 2.75) is 0 Å². The first-order valence-corrected chi connectivity index (χ1v) is 7.14. The minimum Gasteiger partial charge on any atom is -0.245 e. The predicted molar refractivity (Wildman–Crippen MR) is 72.8 cm³/mol. The quantitative estimate of drug-likeness (QED) is 0.748. The fourth-order valence-corrected chi connectivity index (χ4v) is 2.87. The first-order chi connectivity index (χ1) is 7.29. The summed E-state index contributed by atoms with van der Waals surface area (Å²) in [7, 11) is 0. The fourth-order valence-electron chi connectivity index (χ4n) is 1.24. The van der Waals surface area contributed by atoms with Crippen LogP contribution < -0.4 is 0 Å². The monoisotopic (exact) mass is 255 g/mol. The van der Waals surface area contributed by atoms with Crippen LogP contribution in [0.1, 0.15) is 5.56 Å². The summed E-state index contributed by atoms with van der Waals surface area (Å²) in [5.41, 5.74) is 2.16. The van der Waals surface area contributed by atoms with Gasteiger partial charge in [-0.25, -0.2) is 4.99 Å². The first kappa shape index (κ1) is 11.1. The summed E-state index contributed by atoms with van der Waals surface area (Å²) in [6, 6.07) is 7.79. The Morgan fingerprint density at radius 3 is 2.73 bits per heavy atom. The Hall–Kier alpha value is -0.380. The van der Waals surface area contributed by atoms with E-state index in [4.69, 9.17) is 11.6 Å². The molecule has 1 aromatic carbocycles. The molecule has 0 unspecified atom stereocenters. The molecule has 0 aliphatic carbocycles. The van der Waals surface area contributed by atoms with Crippen LogP contribution in [0.5, 0.6) is 0 Å². The van der Waals surface area contributed by atoms with Crippen molar-refractivity contribution in [1.29, 1.82) is 0 Å². The van der Waals surface area contributed by atoms with Gasteiger partial charge in [-0.3, -0.25) is 0 Å². The number of hydrogen-bond donors (Lipinski definition) is 0. The zero-order valence-corrected chi connectivity index (χ0v) is 10.6. The van der Waals surface area contributed by atoms with Gasteiger partial charge in [-0.15, -0.1) is 23.5 Å². The standard InChI is InChI=1S/C11H10ClNS2/c1-14-11-7-15-6-10(13-11)8-2-4-9(12)5-3-8/h2-6H,7H2,1H3. The molecule has 0 saturated carbocycles. The van der Waals surface area contributed by atoms with Gasteiger partial charge in [0.1, 0.15) is 0 Å². The van der Waals surface area contributed by atoms with Gasteiger partial charge in [-0.2, -0.15) is 0 Å². The van der Waals surface area contributed by atoms with Crippen molar-refractivity contribution in [3.8, 4) is 0 Å². The lowest BCUT2D eigenvalue weighted by atomic mass is 10.2. The lowest BCUT2D eigenvalue weighted by Gasteiger charge is -2.10. The van der Waals surface area contributed by atoms with Crippen LogP contribution in [-0.2, 0) is 0 Å². The van der Waals surface area contributed by atoms with Crippen molar-refractivity contribution in [2.24, 2.45) is 4.99 Å². The Morgan fingerprint density at radius 1 is 1.33 bits per heavy atom. The van der Waals surface area contributed by atoms with E-state index in [1.807, 2.05) is 24.3 Å². The minimum absolute atomic E-state index is 0.761. The predicted octanol–water partition coefficient (Wildman–Crippen LogP) is 4.15. The largest absolute Gasteiger partial charge is 0.245 e. The number of halogens is 1. The molecule has 0 amide bonds. The zero-order chi connectivity index (χ0) is 10.7. The normalized spacial score (nSPS) is 15.9. The number of aliphatic imine (C=N–C) groups is 1. The topological polar surface area (TPSA) is 12.4 Å². The summed E-state index contributed by atoms with van der Waals surface area (Å²) in [5.74, 6) is 0.984. The lowest BCUT2D eigenvalue weighted by molar-refractivity contribution is 1.51. The molecule has 0 atom stereocenters. The third-order valence-corrected chi connectivity index (χ3v) is 3.99. The van der Waals surface area contributed by atoms with Gasteiger partial charge in [0.25, 0.3) is 0 Å². The van der Waals surface area contributed by atoms with E-state index in [-0.39, 0.29) is 0 Å². The summed E-state index contributed by atoms with van der Waals surface area (Å²) < 4.78 is 0. The van der Waals surface area contributed by atoms with Crippen molar-refractivity contribution in [1.82, 2.24) is 0 Å². The van der Waals surface area contributed by atoms with Gasteiger partial charge in [0, 0.05) is 16.3 Å². The molecule has 1 heterocycles. The van der Waals surface area contributed by atoms with Crippen LogP contribution in [0, 0.1) is 0 Å². The van der Waals surface area contributed by atoms with Crippen LogP contribution in [0.25, 0.3) is 5.70 Å². The highest BCUT2D eigenvalue weighted by Crippen LogP contribution is 2.27. The molecule has 15 heavy (non-hydrogen) atoms. The third kappa shape index (κ3) is 2.80. The molecule has 0 bridgehead atoms. The molecule has 78 valence electrons. The highest BCUT2D eigenvalue weighted by atomic mass is 35.5. The second kappa shape index (κ2) is 5.10. The van der Waals surface area contributed by atoms with E-state index >= 15 is 0 Å². The summed E-state index contributed by atoms with van der Waals surface area (Å²) in [6.07, 6.45) is 2.06. The van der Waals surface area contributed by atoms with Crippen molar-refractivity contribution in [2.75, 3.05) is 12.0 Å². The van der Waals surface area contributed by atoms with E-state index in [9.17, 15) is 0 Å². The SMILES string of the molecule is CSC1=NC(c2ccc(Cl)cc2)=CSC1. The van der Waals surface area contributed by atoms with Gasteiger partial charge >= 0.3 is 0 Å². The van der Waals surface area contributed by atoms with Crippen LogP contribution in [0.3, 0.4) is 0 Å². The smallest absolute Gasteiger partial charge is 0.0839 e. The van der Waals surface area contributed by atoms with Gasteiger partial charge in [0.05, 0.1) is 10.7 Å². The highest BCUT2D eigenvalue weighted by molar-refractivity contribution is 8.16. The van der Waals surface area contributed by atoms with E-state index in [2.05, 4.69) is 16.7 Å². The number of benzene rings is 1. The highest BCUT2D eigenvalue weighted by Gasteiger charge is 2.08. The molecule has 1 aliphatic heterocycles. The molecular weight excluding hydrogens is 246 g/mol. The minimum atomic E-state index is 0.761. The van der Waals surface area contributed by atoms with E-state index in [1.165, 1.54) is 5.04 Å².